The van der Waals surface area contributed by atoms with Crippen LogP contribution >= 0.6 is 23.5 Å². The fourth-order valence-electron chi connectivity index (χ4n) is 2.28. The predicted molar refractivity (Wildman–Crippen MR) is 107 cm³/mol. The van der Waals surface area contributed by atoms with Gasteiger partial charge in [-0.1, -0.05) is 25.0 Å². The number of amides is 1. The van der Waals surface area contributed by atoms with Crippen LogP contribution in [0.2, 0.25) is 0 Å². The third-order valence-corrected chi connectivity index (χ3v) is 5.19. The molecule has 0 aliphatic carbocycles. The molecule has 0 radical (unpaired) electrons. The summed E-state index contributed by atoms with van der Waals surface area (Å²) >= 11 is 3.39. The zero-order valence-electron chi connectivity index (χ0n) is 14.7. The highest BCUT2D eigenvalue weighted by Crippen LogP contribution is 2.28. The van der Waals surface area contributed by atoms with Crippen LogP contribution in [0.25, 0.3) is 11.5 Å². The largest absolute Gasteiger partial charge is 0.403 e. The van der Waals surface area contributed by atoms with Crippen LogP contribution in [0.4, 0.5) is 6.01 Å². The van der Waals surface area contributed by atoms with Gasteiger partial charge in [-0.05, 0) is 48.7 Å². The molecule has 0 atom stereocenters. The van der Waals surface area contributed by atoms with Gasteiger partial charge in [-0.2, -0.15) is 0 Å². The van der Waals surface area contributed by atoms with E-state index in [1.54, 1.807) is 35.7 Å². The Balaban J connectivity index is 1.72. The maximum atomic E-state index is 12.3. The highest BCUT2D eigenvalue weighted by molar-refractivity contribution is 8.00. The Hall–Kier alpha value is -2.25. The van der Waals surface area contributed by atoms with Gasteiger partial charge in [0.1, 0.15) is 0 Å². The molecule has 0 saturated heterocycles. The Labute approximate surface area is 161 Å². The summed E-state index contributed by atoms with van der Waals surface area (Å²) in [6, 6.07) is 15.3. The SMILES string of the molecule is CSc1ccc(C(=O)Nc2nnc(-c3cccc(SC(C)C)c3)o2)cc1. The van der Waals surface area contributed by atoms with Crippen LogP contribution in [0.5, 0.6) is 0 Å². The molecule has 3 aromatic rings. The summed E-state index contributed by atoms with van der Waals surface area (Å²) < 4.78 is 5.60. The lowest BCUT2D eigenvalue weighted by Crippen LogP contribution is -2.11. The average Bonchev–Trinajstić information content (AvgIpc) is 3.10. The molecule has 0 saturated carbocycles. The van der Waals surface area contributed by atoms with Crippen molar-refractivity contribution in [2.45, 2.75) is 28.9 Å². The lowest BCUT2D eigenvalue weighted by molar-refractivity contribution is 0.102. The van der Waals surface area contributed by atoms with E-state index in [4.69, 9.17) is 4.42 Å². The molecule has 0 aliphatic rings. The van der Waals surface area contributed by atoms with Gasteiger partial charge in [0.15, 0.2) is 0 Å². The minimum atomic E-state index is -0.281. The highest BCUT2D eigenvalue weighted by atomic mass is 32.2. The molecular formula is C19H19N3O2S2. The fraction of sp³-hybridized carbons (Fsp3) is 0.211. The zero-order valence-corrected chi connectivity index (χ0v) is 16.4. The van der Waals surface area contributed by atoms with Gasteiger partial charge < -0.3 is 4.42 Å². The number of nitrogens with one attached hydrogen (secondary N) is 1. The van der Waals surface area contributed by atoms with Crippen molar-refractivity contribution in [2.75, 3.05) is 11.6 Å². The summed E-state index contributed by atoms with van der Waals surface area (Å²) in [6.45, 7) is 4.28. The third-order valence-electron chi connectivity index (χ3n) is 3.45. The van der Waals surface area contributed by atoms with E-state index in [1.165, 1.54) is 0 Å². The Morgan fingerprint density at radius 1 is 1.08 bits per heavy atom. The number of nitrogens with zero attached hydrogens (tertiary/aromatic N) is 2. The van der Waals surface area contributed by atoms with Gasteiger partial charge in [0.25, 0.3) is 5.91 Å². The topological polar surface area (TPSA) is 68.0 Å². The number of benzene rings is 2. The van der Waals surface area contributed by atoms with Crippen molar-refractivity contribution < 1.29 is 9.21 Å². The fourth-order valence-corrected chi connectivity index (χ4v) is 3.58. The van der Waals surface area contributed by atoms with Crippen molar-refractivity contribution in [3.8, 4) is 11.5 Å². The number of aromatic nitrogens is 2. The van der Waals surface area contributed by atoms with Gasteiger partial charge in [-0.25, -0.2) is 0 Å². The molecule has 134 valence electrons. The summed E-state index contributed by atoms with van der Waals surface area (Å²) in [5.74, 6) is 0.0983. The molecule has 0 fully saturated rings. The number of anilines is 1. The Bertz CT molecular complexity index is 892. The summed E-state index contributed by atoms with van der Waals surface area (Å²) in [6.07, 6.45) is 1.99. The van der Waals surface area contributed by atoms with Gasteiger partial charge in [-0.3, -0.25) is 10.1 Å². The minimum Gasteiger partial charge on any atom is -0.403 e. The number of hydrogen-bond donors (Lipinski definition) is 1. The first kappa shape index (κ1) is 18.5. The summed E-state index contributed by atoms with van der Waals surface area (Å²) in [7, 11) is 0. The Morgan fingerprint density at radius 2 is 1.85 bits per heavy atom. The first-order chi connectivity index (χ1) is 12.5. The van der Waals surface area contributed by atoms with Crippen molar-refractivity contribution in [3.05, 3.63) is 54.1 Å². The molecule has 1 heterocycles. The normalized spacial score (nSPS) is 10.9. The van der Waals surface area contributed by atoms with Crippen LogP contribution in [0.1, 0.15) is 24.2 Å². The van der Waals surface area contributed by atoms with E-state index in [-0.39, 0.29) is 11.9 Å². The molecule has 1 aromatic heterocycles. The Kier molecular flexibility index (Phi) is 6.00. The molecule has 1 N–H and O–H groups in total. The van der Waals surface area contributed by atoms with E-state index in [0.717, 1.165) is 15.4 Å². The number of hydrogen-bond acceptors (Lipinski definition) is 6. The molecule has 0 bridgehead atoms. The van der Waals surface area contributed by atoms with E-state index in [9.17, 15) is 4.79 Å². The zero-order chi connectivity index (χ0) is 18.5. The lowest BCUT2D eigenvalue weighted by atomic mass is 10.2. The van der Waals surface area contributed by atoms with Crippen molar-refractivity contribution in [3.63, 3.8) is 0 Å². The second-order valence-corrected chi connectivity index (χ2v) is 8.32. The highest BCUT2D eigenvalue weighted by Gasteiger charge is 2.13. The maximum Gasteiger partial charge on any atom is 0.322 e. The first-order valence-corrected chi connectivity index (χ1v) is 10.2. The quantitative estimate of drug-likeness (QED) is 0.587. The number of carbonyl (C=O) groups excluding carboxylic acids is 1. The molecule has 0 spiro atoms. The minimum absolute atomic E-state index is 0.0841. The lowest BCUT2D eigenvalue weighted by Gasteiger charge is -2.05. The summed E-state index contributed by atoms with van der Waals surface area (Å²) in [4.78, 5) is 14.5. The van der Waals surface area contributed by atoms with Crippen molar-refractivity contribution in [2.24, 2.45) is 0 Å². The van der Waals surface area contributed by atoms with Crippen molar-refractivity contribution in [1.29, 1.82) is 0 Å². The van der Waals surface area contributed by atoms with Crippen LogP contribution in [0.15, 0.2) is 62.7 Å². The van der Waals surface area contributed by atoms with Gasteiger partial charge >= 0.3 is 6.01 Å². The number of carbonyl (C=O) groups is 1. The molecule has 0 aliphatic heterocycles. The molecular weight excluding hydrogens is 366 g/mol. The van der Waals surface area contributed by atoms with E-state index < -0.39 is 0 Å². The van der Waals surface area contributed by atoms with Crippen LogP contribution in [0, 0.1) is 0 Å². The van der Waals surface area contributed by atoms with Crippen molar-refractivity contribution in [1.82, 2.24) is 10.2 Å². The van der Waals surface area contributed by atoms with Gasteiger partial charge in [0, 0.05) is 26.2 Å². The second kappa shape index (κ2) is 8.42. The molecule has 2 aromatic carbocycles. The molecule has 26 heavy (non-hydrogen) atoms. The van der Waals surface area contributed by atoms with E-state index in [0.29, 0.717) is 16.7 Å². The average molecular weight is 386 g/mol. The smallest absolute Gasteiger partial charge is 0.322 e. The maximum absolute atomic E-state index is 12.3. The molecule has 3 rings (SSSR count). The van der Waals surface area contributed by atoms with E-state index >= 15 is 0 Å². The van der Waals surface area contributed by atoms with Crippen LogP contribution in [-0.4, -0.2) is 27.6 Å². The summed E-state index contributed by atoms with van der Waals surface area (Å²) in [5.41, 5.74) is 1.37. The van der Waals surface area contributed by atoms with Gasteiger partial charge in [0.2, 0.25) is 5.89 Å². The van der Waals surface area contributed by atoms with Crippen LogP contribution in [0.3, 0.4) is 0 Å². The van der Waals surface area contributed by atoms with Gasteiger partial charge in [-0.15, -0.1) is 28.6 Å². The predicted octanol–water partition coefficient (Wildman–Crippen LogP) is 5.21. The second-order valence-electron chi connectivity index (χ2n) is 5.79. The van der Waals surface area contributed by atoms with Crippen LogP contribution in [-0.2, 0) is 0 Å². The molecule has 7 heteroatoms. The third kappa shape index (κ3) is 4.68. The van der Waals surface area contributed by atoms with Crippen molar-refractivity contribution >= 4 is 35.4 Å². The van der Waals surface area contributed by atoms with E-state index in [1.807, 2.05) is 42.7 Å². The van der Waals surface area contributed by atoms with Gasteiger partial charge in [0.05, 0.1) is 0 Å². The number of rotatable bonds is 6. The standard InChI is InChI=1S/C19H19N3O2S2/c1-12(2)26-16-6-4-5-14(11-16)18-21-22-19(24-18)20-17(23)13-7-9-15(25-3)10-8-13/h4-12H,1-3H3,(H,20,22,23). The monoisotopic (exact) mass is 385 g/mol. The molecule has 5 nitrogen and oxygen atoms in total. The number of thioether (sulfide) groups is 2. The molecule has 0 unspecified atom stereocenters. The van der Waals surface area contributed by atoms with E-state index in [2.05, 4.69) is 29.4 Å². The van der Waals surface area contributed by atoms with Crippen LogP contribution < -0.4 is 5.32 Å². The Morgan fingerprint density at radius 3 is 2.54 bits per heavy atom. The first-order valence-electron chi connectivity index (χ1n) is 8.11. The summed E-state index contributed by atoms with van der Waals surface area (Å²) in [5, 5.41) is 11.1. The molecule has 1 amide bonds.